The van der Waals surface area contributed by atoms with Gasteiger partial charge in [-0.25, -0.2) is 0 Å². The molecular weight excluding hydrogens is 318 g/mol. The van der Waals surface area contributed by atoms with E-state index in [9.17, 15) is 4.79 Å². The number of carbonyl (C=O) groups is 1. The normalized spacial score (nSPS) is 10.5. The summed E-state index contributed by atoms with van der Waals surface area (Å²) in [5.74, 6) is 1.41. The van der Waals surface area contributed by atoms with Gasteiger partial charge in [0.1, 0.15) is 5.75 Å². The van der Waals surface area contributed by atoms with Crippen LogP contribution in [0.5, 0.6) is 5.75 Å². The highest BCUT2D eigenvalue weighted by Gasteiger charge is 2.13. The summed E-state index contributed by atoms with van der Waals surface area (Å²) >= 11 is 0. The number of methoxy groups -OCH3 is 1. The third-order valence-electron chi connectivity index (χ3n) is 3.74. The molecule has 6 heteroatoms. The first-order chi connectivity index (χ1) is 12.2. The summed E-state index contributed by atoms with van der Waals surface area (Å²) < 4.78 is 11.0. The van der Waals surface area contributed by atoms with Crippen molar-refractivity contribution < 1.29 is 13.9 Å². The number of hydrogen-bond donors (Lipinski definition) is 1. The molecule has 2 aromatic carbocycles. The number of carbonyl (C=O) groups excluding carboxylic acids is 1. The monoisotopic (exact) mass is 337 g/mol. The van der Waals surface area contributed by atoms with E-state index in [1.807, 2.05) is 43.3 Å². The Bertz CT molecular complexity index is 856. The van der Waals surface area contributed by atoms with Gasteiger partial charge in [0.25, 0.3) is 11.8 Å². The molecule has 0 bridgehead atoms. The smallest absolute Gasteiger partial charge is 0.251 e. The van der Waals surface area contributed by atoms with E-state index in [1.165, 1.54) is 0 Å². The molecule has 0 spiro atoms. The second-order valence-corrected chi connectivity index (χ2v) is 5.57. The topological polar surface area (TPSA) is 77.3 Å². The fraction of sp³-hybridized carbons (Fsp3) is 0.211. The lowest BCUT2D eigenvalue weighted by atomic mass is 10.1. The zero-order valence-corrected chi connectivity index (χ0v) is 14.2. The third kappa shape index (κ3) is 4.03. The van der Waals surface area contributed by atoms with Crippen LogP contribution in [-0.2, 0) is 6.42 Å². The number of rotatable bonds is 6. The number of aromatic nitrogens is 2. The Morgan fingerprint density at radius 3 is 2.64 bits per heavy atom. The minimum absolute atomic E-state index is 0.121. The van der Waals surface area contributed by atoms with Crippen molar-refractivity contribution in [3.05, 3.63) is 65.5 Å². The maximum Gasteiger partial charge on any atom is 0.251 e. The van der Waals surface area contributed by atoms with Gasteiger partial charge in [-0.3, -0.25) is 4.79 Å². The molecule has 1 N–H and O–H groups in total. The maximum atomic E-state index is 12.1. The Kier molecular flexibility index (Phi) is 5.09. The Labute approximate surface area is 145 Å². The van der Waals surface area contributed by atoms with Gasteiger partial charge in [0, 0.05) is 18.5 Å². The van der Waals surface area contributed by atoms with Crippen LogP contribution in [0.15, 0.2) is 52.9 Å². The van der Waals surface area contributed by atoms with Crippen LogP contribution < -0.4 is 10.1 Å². The predicted molar refractivity (Wildman–Crippen MR) is 93.5 cm³/mol. The molecule has 0 aliphatic rings. The molecule has 3 aromatic rings. The molecule has 1 amide bonds. The van der Waals surface area contributed by atoms with E-state index in [1.54, 1.807) is 19.2 Å². The second kappa shape index (κ2) is 7.61. The molecular formula is C19H19N3O3. The minimum Gasteiger partial charge on any atom is -0.496 e. The lowest BCUT2D eigenvalue weighted by Crippen LogP contribution is -2.25. The average Bonchev–Trinajstić information content (AvgIpc) is 3.11. The van der Waals surface area contributed by atoms with E-state index in [-0.39, 0.29) is 5.91 Å². The minimum atomic E-state index is -0.121. The van der Waals surface area contributed by atoms with Crippen molar-refractivity contribution in [2.75, 3.05) is 13.7 Å². The molecule has 6 nitrogen and oxygen atoms in total. The highest BCUT2D eigenvalue weighted by atomic mass is 16.5. The fourth-order valence-electron chi connectivity index (χ4n) is 2.37. The van der Waals surface area contributed by atoms with Crippen LogP contribution in [0.2, 0.25) is 0 Å². The van der Waals surface area contributed by atoms with Crippen molar-refractivity contribution in [1.82, 2.24) is 15.5 Å². The summed E-state index contributed by atoms with van der Waals surface area (Å²) in [4.78, 5) is 12.1. The molecule has 25 heavy (non-hydrogen) atoms. The van der Waals surface area contributed by atoms with E-state index >= 15 is 0 Å². The quantitative estimate of drug-likeness (QED) is 0.748. The molecule has 0 radical (unpaired) electrons. The lowest BCUT2D eigenvalue weighted by Gasteiger charge is -2.04. The maximum absolute atomic E-state index is 12.1. The molecule has 0 aliphatic carbocycles. The Morgan fingerprint density at radius 1 is 1.12 bits per heavy atom. The van der Waals surface area contributed by atoms with Crippen LogP contribution in [-0.4, -0.2) is 29.8 Å². The summed E-state index contributed by atoms with van der Waals surface area (Å²) in [7, 11) is 1.59. The van der Waals surface area contributed by atoms with Crippen molar-refractivity contribution in [3.8, 4) is 17.2 Å². The number of aryl methyl sites for hydroxylation is 1. The molecule has 128 valence electrons. The highest BCUT2D eigenvalue weighted by Crippen LogP contribution is 2.28. The molecule has 0 aliphatic heterocycles. The summed E-state index contributed by atoms with van der Waals surface area (Å²) in [5, 5.41) is 10.9. The van der Waals surface area contributed by atoms with E-state index in [2.05, 4.69) is 15.5 Å². The van der Waals surface area contributed by atoms with Crippen molar-refractivity contribution in [2.24, 2.45) is 0 Å². The van der Waals surface area contributed by atoms with Crippen molar-refractivity contribution in [1.29, 1.82) is 0 Å². The fourth-order valence-corrected chi connectivity index (χ4v) is 2.37. The zero-order valence-electron chi connectivity index (χ0n) is 14.2. The van der Waals surface area contributed by atoms with Crippen molar-refractivity contribution >= 4 is 5.91 Å². The van der Waals surface area contributed by atoms with Gasteiger partial charge in [-0.2, -0.15) is 0 Å². The van der Waals surface area contributed by atoms with Crippen LogP contribution in [0.4, 0.5) is 0 Å². The molecule has 0 unspecified atom stereocenters. The Morgan fingerprint density at radius 2 is 1.88 bits per heavy atom. The van der Waals surface area contributed by atoms with Gasteiger partial charge in [0.2, 0.25) is 5.89 Å². The van der Waals surface area contributed by atoms with E-state index in [0.717, 1.165) is 11.1 Å². The van der Waals surface area contributed by atoms with E-state index < -0.39 is 0 Å². The van der Waals surface area contributed by atoms with Crippen LogP contribution in [0.1, 0.15) is 21.8 Å². The van der Waals surface area contributed by atoms with Gasteiger partial charge in [0.15, 0.2) is 0 Å². The highest BCUT2D eigenvalue weighted by molar-refractivity contribution is 5.94. The second-order valence-electron chi connectivity index (χ2n) is 5.57. The van der Waals surface area contributed by atoms with Crippen LogP contribution >= 0.6 is 0 Å². The largest absolute Gasteiger partial charge is 0.496 e. The molecule has 0 saturated carbocycles. The van der Waals surface area contributed by atoms with Crippen molar-refractivity contribution in [3.63, 3.8) is 0 Å². The number of para-hydroxylation sites is 1. The Balaban J connectivity index is 1.59. The van der Waals surface area contributed by atoms with Gasteiger partial charge in [-0.15, -0.1) is 10.2 Å². The first-order valence-electron chi connectivity index (χ1n) is 7.98. The molecule has 0 fully saturated rings. The zero-order chi connectivity index (χ0) is 17.6. The number of hydrogen-bond acceptors (Lipinski definition) is 5. The molecule has 0 atom stereocenters. The van der Waals surface area contributed by atoms with Crippen molar-refractivity contribution in [2.45, 2.75) is 13.3 Å². The summed E-state index contributed by atoms with van der Waals surface area (Å²) in [6, 6.07) is 14.9. The van der Waals surface area contributed by atoms with Gasteiger partial charge in [0.05, 0.1) is 12.7 Å². The Hall–Kier alpha value is -3.15. The summed E-state index contributed by atoms with van der Waals surface area (Å²) in [6.07, 6.45) is 0.458. The third-order valence-corrected chi connectivity index (χ3v) is 3.74. The van der Waals surface area contributed by atoms with E-state index in [0.29, 0.717) is 36.1 Å². The first kappa shape index (κ1) is 16.7. The van der Waals surface area contributed by atoms with Gasteiger partial charge >= 0.3 is 0 Å². The number of amides is 1. The number of ether oxygens (including phenoxy) is 1. The van der Waals surface area contributed by atoms with Gasteiger partial charge in [-0.05, 0) is 31.2 Å². The van der Waals surface area contributed by atoms with Gasteiger partial charge < -0.3 is 14.5 Å². The first-order valence-corrected chi connectivity index (χ1v) is 7.98. The van der Waals surface area contributed by atoms with E-state index in [4.69, 9.17) is 9.15 Å². The van der Waals surface area contributed by atoms with Gasteiger partial charge in [-0.1, -0.05) is 29.8 Å². The van der Waals surface area contributed by atoms with Crippen LogP contribution in [0, 0.1) is 6.92 Å². The van der Waals surface area contributed by atoms with Crippen LogP contribution in [0.25, 0.3) is 11.5 Å². The standard InChI is InChI=1S/C19H19N3O3/c1-13-7-9-14(10-8-13)18(23)20-12-11-17-21-22-19(25-17)15-5-3-4-6-16(15)24-2/h3-10H,11-12H2,1-2H3,(H,20,23). The average molecular weight is 337 g/mol. The molecule has 1 heterocycles. The predicted octanol–water partition coefficient (Wildman–Crippen LogP) is 3.03. The lowest BCUT2D eigenvalue weighted by molar-refractivity contribution is 0.0953. The summed E-state index contributed by atoms with van der Waals surface area (Å²) in [6.45, 7) is 2.40. The molecule has 0 saturated heterocycles. The number of nitrogens with zero attached hydrogens (tertiary/aromatic N) is 2. The van der Waals surface area contributed by atoms with Crippen LogP contribution in [0.3, 0.4) is 0 Å². The summed E-state index contributed by atoms with van der Waals surface area (Å²) in [5.41, 5.74) is 2.49. The SMILES string of the molecule is COc1ccccc1-c1nnc(CCNC(=O)c2ccc(C)cc2)o1. The molecule has 3 rings (SSSR count). The molecule has 1 aromatic heterocycles. The number of benzene rings is 2. The number of nitrogens with one attached hydrogen (secondary N) is 1.